The standard InChI is InChI=1S/C19H26N4O4/c1-11(13-5-3-2-4-6-13)22-19(27)23-16(18(25)26)14(17(23)24)9-12-7-8-21-15(20)10-12/h7-8,10-11,13-14,16H,2-6,9H2,1H3,(H2,20,21)(H,22,27)(H,25,26)/t11-,14-,16+/m1/s1. The summed E-state index contributed by atoms with van der Waals surface area (Å²) in [6.45, 7) is 1.92. The number of rotatable bonds is 5. The monoisotopic (exact) mass is 374 g/mol. The maximum absolute atomic E-state index is 12.6. The van der Waals surface area contributed by atoms with Gasteiger partial charge in [0.1, 0.15) is 5.82 Å². The molecule has 8 nitrogen and oxygen atoms in total. The second-order valence-corrected chi connectivity index (χ2v) is 7.53. The highest BCUT2D eigenvalue weighted by Crippen LogP contribution is 2.31. The average molecular weight is 374 g/mol. The van der Waals surface area contributed by atoms with E-state index in [1.807, 2.05) is 6.92 Å². The Bertz CT molecular complexity index is 732. The van der Waals surface area contributed by atoms with Gasteiger partial charge in [-0.05, 0) is 49.8 Å². The highest BCUT2D eigenvalue weighted by molar-refractivity contribution is 6.07. The number of urea groups is 1. The third-order valence-electron chi connectivity index (χ3n) is 5.69. The lowest BCUT2D eigenvalue weighted by Gasteiger charge is -2.43. The van der Waals surface area contributed by atoms with Gasteiger partial charge in [-0.1, -0.05) is 19.3 Å². The van der Waals surface area contributed by atoms with E-state index in [0.29, 0.717) is 11.7 Å². The number of nitrogens with zero attached hydrogens (tertiary/aromatic N) is 2. The molecule has 3 rings (SSSR count). The smallest absolute Gasteiger partial charge is 0.327 e. The number of nitrogen functional groups attached to an aromatic ring is 1. The van der Waals surface area contributed by atoms with Crippen molar-refractivity contribution < 1.29 is 19.5 Å². The normalized spacial score (nSPS) is 24.2. The summed E-state index contributed by atoms with van der Waals surface area (Å²) in [6.07, 6.45) is 7.31. The Balaban J connectivity index is 1.65. The maximum atomic E-state index is 12.6. The fourth-order valence-corrected chi connectivity index (χ4v) is 4.15. The molecule has 1 aromatic rings. The van der Waals surface area contributed by atoms with E-state index in [2.05, 4.69) is 10.3 Å². The highest BCUT2D eigenvalue weighted by Gasteiger charge is 2.54. The molecule has 8 heteroatoms. The summed E-state index contributed by atoms with van der Waals surface area (Å²) in [6, 6.07) is 1.44. The number of carbonyl (C=O) groups excluding carboxylic acids is 2. The number of nitrogens with two attached hydrogens (primary N) is 1. The number of carboxylic acids is 1. The van der Waals surface area contributed by atoms with E-state index in [0.717, 1.165) is 36.1 Å². The number of hydrogen-bond donors (Lipinski definition) is 3. The van der Waals surface area contributed by atoms with Crippen molar-refractivity contribution in [3.63, 3.8) is 0 Å². The van der Waals surface area contributed by atoms with Gasteiger partial charge in [0.05, 0.1) is 5.92 Å². The molecule has 0 bridgehead atoms. The molecular weight excluding hydrogens is 348 g/mol. The molecule has 2 fully saturated rings. The minimum Gasteiger partial charge on any atom is -0.480 e. The van der Waals surface area contributed by atoms with Crippen molar-refractivity contribution in [3.05, 3.63) is 23.9 Å². The van der Waals surface area contributed by atoms with E-state index < -0.39 is 29.9 Å². The molecule has 0 aromatic carbocycles. The van der Waals surface area contributed by atoms with E-state index in [4.69, 9.17) is 5.73 Å². The summed E-state index contributed by atoms with van der Waals surface area (Å²) in [5.74, 6) is -1.74. The third-order valence-corrected chi connectivity index (χ3v) is 5.69. The van der Waals surface area contributed by atoms with Crippen LogP contribution in [0.5, 0.6) is 0 Å². The number of nitrogens with one attached hydrogen (secondary N) is 1. The zero-order chi connectivity index (χ0) is 19.6. The van der Waals surface area contributed by atoms with Gasteiger partial charge < -0.3 is 16.2 Å². The molecule has 0 spiro atoms. The van der Waals surface area contributed by atoms with Gasteiger partial charge >= 0.3 is 12.0 Å². The number of carboxylic acid groups (broad SMARTS) is 1. The maximum Gasteiger partial charge on any atom is 0.327 e. The Kier molecular flexibility index (Phi) is 5.62. The topological polar surface area (TPSA) is 126 Å². The Morgan fingerprint density at radius 1 is 1.37 bits per heavy atom. The van der Waals surface area contributed by atoms with Crippen molar-refractivity contribution in [2.75, 3.05) is 5.73 Å². The second-order valence-electron chi connectivity index (χ2n) is 7.53. The third kappa shape index (κ3) is 4.04. The number of imide groups is 1. The zero-order valence-electron chi connectivity index (χ0n) is 15.4. The van der Waals surface area contributed by atoms with Crippen LogP contribution in [-0.2, 0) is 16.0 Å². The average Bonchev–Trinajstić information content (AvgIpc) is 2.64. The van der Waals surface area contributed by atoms with Crippen molar-refractivity contribution in [2.45, 2.75) is 57.5 Å². The fraction of sp³-hybridized carbons (Fsp3) is 0.579. The van der Waals surface area contributed by atoms with Crippen molar-refractivity contribution >= 4 is 23.7 Å². The number of anilines is 1. The van der Waals surface area contributed by atoms with E-state index >= 15 is 0 Å². The Morgan fingerprint density at radius 2 is 2.07 bits per heavy atom. The Hall–Kier alpha value is -2.64. The molecule has 146 valence electrons. The molecule has 1 saturated heterocycles. The lowest BCUT2D eigenvalue weighted by Crippen LogP contribution is -2.69. The summed E-state index contributed by atoms with van der Waals surface area (Å²) >= 11 is 0. The lowest BCUT2D eigenvalue weighted by molar-refractivity contribution is -0.165. The van der Waals surface area contributed by atoms with Gasteiger partial charge in [0, 0.05) is 12.2 Å². The molecule has 1 aliphatic heterocycles. The van der Waals surface area contributed by atoms with Gasteiger partial charge in [0.2, 0.25) is 5.91 Å². The van der Waals surface area contributed by atoms with Crippen molar-refractivity contribution in [1.29, 1.82) is 0 Å². The molecule has 3 atom stereocenters. The molecule has 2 aliphatic rings. The molecular formula is C19H26N4O4. The van der Waals surface area contributed by atoms with E-state index in [-0.39, 0.29) is 12.5 Å². The van der Waals surface area contributed by atoms with Crippen LogP contribution in [-0.4, -0.2) is 45.0 Å². The van der Waals surface area contributed by atoms with Crippen LogP contribution in [0.4, 0.5) is 10.6 Å². The number of likely N-dealkylation sites (tertiary alicyclic amines) is 1. The predicted molar refractivity (Wildman–Crippen MR) is 98.7 cm³/mol. The fourth-order valence-electron chi connectivity index (χ4n) is 4.15. The Morgan fingerprint density at radius 3 is 2.70 bits per heavy atom. The van der Waals surface area contributed by atoms with Gasteiger partial charge in [-0.15, -0.1) is 0 Å². The lowest BCUT2D eigenvalue weighted by atomic mass is 9.82. The molecule has 27 heavy (non-hydrogen) atoms. The zero-order valence-corrected chi connectivity index (χ0v) is 15.4. The largest absolute Gasteiger partial charge is 0.480 e. The van der Waals surface area contributed by atoms with Crippen LogP contribution in [0.3, 0.4) is 0 Å². The van der Waals surface area contributed by atoms with Gasteiger partial charge in [-0.2, -0.15) is 0 Å². The van der Waals surface area contributed by atoms with Gasteiger partial charge in [0.25, 0.3) is 0 Å². The van der Waals surface area contributed by atoms with Crippen LogP contribution in [0, 0.1) is 11.8 Å². The van der Waals surface area contributed by atoms with Crippen molar-refractivity contribution in [2.24, 2.45) is 11.8 Å². The van der Waals surface area contributed by atoms with Gasteiger partial charge in [-0.3, -0.25) is 4.79 Å². The number of pyridine rings is 1. The first-order chi connectivity index (χ1) is 12.9. The van der Waals surface area contributed by atoms with E-state index in [9.17, 15) is 19.5 Å². The number of aliphatic carboxylic acids is 1. The van der Waals surface area contributed by atoms with Crippen LogP contribution in [0.1, 0.15) is 44.6 Å². The first-order valence-electron chi connectivity index (χ1n) is 9.45. The van der Waals surface area contributed by atoms with Crippen LogP contribution in [0.2, 0.25) is 0 Å². The number of hydrogen-bond acceptors (Lipinski definition) is 5. The van der Waals surface area contributed by atoms with Gasteiger partial charge in [0.15, 0.2) is 6.04 Å². The Labute approximate surface area is 158 Å². The van der Waals surface area contributed by atoms with Crippen LogP contribution in [0.25, 0.3) is 0 Å². The number of aromatic nitrogens is 1. The summed E-state index contributed by atoms with van der Waals surface area (Å²) in [5, 5.41) is 12.4. The van der Waals surface area contributed by atoms with Crippen LogP contribution in [0.15, 0.2) is 18.3 Å². The van der Waals surface area contributed by atoms with Crippen LogP contribution >= 0.6 is 0 Å². The highest BCUT2D eigenvalue weighted by atomic mass is 16.4. The SMILES string of the molecule is C[C@@H](NC(=O)N1C(=O)[C@H](Cc2ccnc(N)c2)[C@H]1C(=O)O)C1CCCCC1. The number of amides is 3. The van der Waals surface area contributed by atoms with Gasteiger partial charge in [-0.25, -0.2) is 19.5 Å². The van der Waals surface area contributed by atoms with Crippen molar-refractivity contribution in [1.82, 2.24) is 15.2 Å². The summed E-state index contributed by atoms with van der Waals surface area (Å²) < 4.78 is 0. The first kappa shape index (κ1) is 19.1. The summed E-state index contributed by atoms with van der Waals surface area (Å²) in [5.41, 5.74) is 6.36. The first-order valence-corrected chi connectivity index (χ1v) is 9.45. The molecule has 1 aromatic heterocycles. The molecule has 0 unspecified atom stereocenters. The quantitative estimate of drug-likeness (QED) is 0.675. The molecule has 1 aliphatic carbocycles. The minimum absolute atomic E-state index is 0.0842. The van der Waals surface area contributed by atoms with Crippen LogP contribution < -0.4 is 11.1 Å². The van der Waals surface area contributed by atoms with E-state index in [1.54, 1.807) is 12.1 Å². The number of β-lactam (4-membered cyclic amide) rings is 1. The summed E-state index contributed by atoms with van der Waals surface area (Å²) in [4.78, 5) is 41.5. The minimum atomic E-state index is -1.18. The predicted octanol–water partition coefficient (Wildman–Crippen LogP) is 1.80. The molecule has 3 amide bonds. The molecule has 0 radical (unpaired) electrons. The molecule has 4 N–H and O–H groups in total. The second kappa shape index (κ2) is 7.94. The molecule has 2 heterocycles. The molecule has 1 saturated carbocycles. The van der Waals surface area contributed by atoms with E-state index in [1.165, 1.54) is 12.6 Å². The number of carbonyl (C=O) groups is 3. The summed E-state index contributed by atoms with van der Waals surface area (Å²) in [7, 11) is 0. The van der Waals surface area contributed by atoms with Crippen molar-refractivity contribution in [3.8, 4) is 0 Å².